The van der Waals surface area contributed by atoms with Gasteiger partial charge in [0.2, 0.25) is 11.7 Å². The molecule has 0 bridgehead atoms. The van der Waals surface area contributed by atoms with E-state index in [2.05, 4.69) is 5.32 Å². The first-order chi connectivity index (χ1) is 11.3. The maximum absolute atomic E-state index is 12.9. The van der Waals surface area contributed by atoms with Crippen molar-refractivity contribution < 1.29 is 19.4 Å². The zero-order chi connectivity index (χ0) is 17.5. The second-order valence-electron chi connectivity index (χ2n) is 6.57. The van der Waals surface area contributed by atoms with Crippen LogP contribution in [-0.4, -0.2) is 23.4 Å². The number of ketones is 1. The van der Waals surface area contributed by atoms with Crippen LogP contribution in [0, 0.1) is 5.41 Å². The lowest BCUT2D eigenvalue weighted by atomic mass is 9.83. The highest BCUT2D eigenvalue weighted by Crippen LogP contribution is 2.44. The molecule has 6 heteroatoms. The number of aliphatic hydroxyl groups is 1. The minimum Gasteiger partial charge on any atom is -0.484 e. The molecule has 0 aliphatic carbocycles. The molecule has 0 radical (unpaired) electrons. The highest BCUT2D eigenvalue weighted by molar-refractivity contribution is 7.12. The molecule has 1 amide bonds. The standard InChI is InChI=1S/C18H19NO4S/c1-10(21)19-11-4-5-14-13(8-11)15(22)16-12(6-7-24-16)17(23-14)18(2,3)9-20/h4-8,17,20H,9H2,1-3H3,(H,19,21). The molecule has 2 aromatic rings. The Kier molecular flexibility index (Phi) is 4.19. The van der Waals surface area contributed by atoms with Gasteiger partial charge in [-0.05, 0) is 29.6 Å². The van der Waals surface area contributed by atoms with E-state index in [0.29, 0.717) is 21.9 Å². The monoisotopic (exact) mass is 345 g/mol. The Hall–Kier alpha value is -2.18. The van der Waals surface area contributed by atoms with Crippen LogP contribution < -0.4 is 10.1 Å². The molecule has 0 fully saturated rings. The number of nitrogens with one attached hydrogen (secondary N) is 1. The Morgan fingerprint density at radius 2 is 2.12 bits per heavy atom. The van der Waals surface area contributed by atoms with E-state index in [1.54, 1.807) is 18.2 Å². The summed E-state index contributed by atoms with van der Waals surface area (Å²) in [4.78, 5) is 24.8. The Labute approximate surface area is 144 Å². The van der Waals surface area contributed by atoms with Gasteiger partial charge in [0.15, 0.2) is 0 Å². The predicted molar refractivity (Wildman–Crippen MR) is 92.7 cm³/mol. The molecule has 1 aromatic carbocycles. The second-order valence-corrected chi connectivity index (χ2v) is 7.49. The number of benzene rings is 1. The lowest BCUT2D eigenvalue weighted by molar-refractivity contribution is -0.114. The Bertz CT molecular complexity index is 809. The average Bonchev–Trinajstić information content (AvgIpc) is 2.97. The van der Waals surface area contributed by atoms with Crippen molar-refractivity contribution in [2.24, 2.45) is 5.41 Å². The molecule has 0 saturated carbocycles. The van der Waals surface area contributed by atoms with Crippen molar-refractivity contribution in [2.45, 2.75) is 26.9 Å². The molecule has 1 aromatic heterocycles. The fourth-order valence-corrected chi connectivity index (χ4v) is 3.66. The average molecular weight is 345 g/mol. The van der Waals surface area contributed by atoms with Crippen molar-refractivity contribution in [3.8, 4) is 5.75 Å². The third-order valence-corrected chi connectivity index (χ3v) is 5.02. The minimum absolute atomic E-state index is 0.0690. The molecule has 0 saturated heterocycles. The van der Waals surface area contributed by atoms with Crippen LogP contribution in [0.3, 0.4) is 0 Å². The van der Waals surface area contributed by atoms with Crippen LogP contribution >= 0.6 is 11.3 Å². The van der Waals surface area contributed by atoms with Crippen LogP contribution in [0.4, 0.5) is 5.69 Å². The second kappa shape index (κ2) is 6.03. The fraction of sp³-hybridized carbons (Fsp3) is 0.333. The van der Waals surface area contributed by atoms with E-state index < -0.39 is 11.5 Å². The summed E-state index contributed by atoms with van der Waals surface area (Å²) in [5.74, 6) is 0.135. The number of hydrogen-bond acceptors (Lipinski definition) is 5. The number of hydrogen-bond donors (Lipinski definition) is 2. The van der Waals surface area contributed by atoms with Crippen molar-refractivity contribution in [2.75, 3.05) is 11.9 Å². The summed E-state index contributed by atoms with van der Waals surface area (Å²) in [7, 11) is 0. The van der Waals surface area contributed by atoms with E-state index in [9.17, 15) is 14.7 Å². The molecule has 24 heavy (non-hydrogen) atoms. The Morgan fingerprint density at radius 3 is 2.79 bits per heavy atom. The van der Waals surface area contributed by atoms with E-state index in [-0.39, 0.29) is 18.3 Å². The van der Waals surface area contributed by atoms with Crippen LogP contribution in [-0.2, 0) is 4.79 Å². The van der Waals surface area contributed by atoms with Crippen molar-refractivity contribution in [1.82, 2.24) is 0 Å². The summed E-state index contributed by atoms with van der Waals surface area (Å²) < 4.78 is 6.14. The van der Waals surface area contributed by atoms with E-state index in [0.717, 1.165) is 5.56 Å². The molecule has 1 aliphatic heterocycles. The molecule has 2 heterocycles. The lowest BCUT2D eigenvalue weighted by Crippen LogP contribution is -2.30. The van der Waals surface area contributed by atoms with Gasteiger partial charge >= 0.3 is 0 Å². The quantitative estimate of drug-likeness (QED) is 0.894. The summed E-state index contributed by atoms with van der Waals surface area (Å²) >= 11 is 1.36. The SMILES string of the molecule is CC(=O)Nc1ccc2c(c1)C(=O)c1sccc1C(C(C)(C)CO)O2. The molecule has 1 unspecified atom stereocenters. The normalized spacial score (nSPS) is 16.7. The van der Waals surface area contributed by atoms with Gasteiger partial charge in [0, 0.05) is 23.6 Å². The van der Waals surface area contributed by atoms with Gasteiger partial charge in [-0.1, -0.05) is 13.8 Å². The number of fused-ring (bicyclic) bond motifs is 2. The molecular formula is C18H19NO4S. The highest BCUT2D eigenvalue weighted by atomic mass is 32.1. The van der Waals surface area contributed by atoms with Gasteiger partial charge in [-0.2, -0.15) is 0 Å². The van der Waals surface area contributed by atoms with Gasteiger partial charge in [-0.15, -0.1) is 11.3 Å². The van der Waals surface area contributed by atoms with E-state index in [1.807, 2.05) is 25.3 Å². The predicted octanol–water partition coefficient (Wildman–Crippen LogP) is 3.39. The van der Waals surface area contributed by atoms with Crippen LogP contribution in [0.1, 0.15) is 47.7 Å². The topological polar surface area (TPSA) is 75.6 Å². The van der Waals surface area contributed by atoms with Gasteiger partial charge < -0.3 is 15.2 Å². The van der Waals surface area contributed by atoms with Crippen LogP contribution in [0.5, 0.6) is 5.75 Å². The Balaban J connectivity index is 2.13. The molecule has 3 rings (SSSR count). The van der Waals surface area contributed by atoms with Gasteiger partial charge in [0.1, 0.15) is 11.9 Å². The number of carbonyl (C=O) groups is 2. The number of aliphatic hydroxyl groups excluding tert-OH is 1. The summed E-state index contributed by atoms with van der Waals surface area (Å²) in [5, 5.41) is 14.3. The number of rotatable bonds is 3. The smallest absolute Gasteiger partial charge is 0.221 e. The van der Waals surface area contributed by atoms with Crippen molar-refractivity contribution in [1.29, 1.82) is 0 Å². The molecule has 1 aliphatic rings. The minimum atomic E-state index is -0.548. The van der Waals surface area contributed by atoms with E-state index in [4.69, 9.17) is 4.74 Å². The lowest BCUT2D eigenvalue weighted by Gasteiger charge is -2.32. The maximum atomic E-state index is 12.9. The zero-order valence-corrected chi connectivity index (χ0v) is 14.6. The van der Waals surface area contributed by atoms with Crippen LogP contribution in [0.25, 0.3) is 0 Å². The largest absolute Gasteiger partial charge is 0.484 e. The highest BCUT2D eigenvalue weighted by Gasteiger charge is 2.39. The first-order valence-corrected chi connectivity index (χ1v) is 8.52. The molecule has 1 atom stereocenters. The first kappa shape index (κ1) is 16.7. The van der Waals surface area contributed by atoms with Crippen molar-refractivity contribution in [3.63, 3.8) is 0 Å². The maximum Gasteiger partial charge on any atom is 0.221 e. The number of thiophene rings is 1. The number of carbonyl (C=O) groups excluding carboxylic acids is 2. The van der Waals surface area contributed by atoms with Gasteiger partial charge in [0.25, 0.3) is 0 Å². The molecular weight excluding hydrogens is 326 g/mol. The molecule has 5 nitrogen and oxygen atoms in total. The molecule has 0 spiro atoms. The van der Waals surface area contributed by atoms with Gasteiger partial charge in [0.05, 0.1) is 17.0 Å². The number of amides is 1. The van der Waals surface area contributed by atoms with Crippen molar-refractivity contribution >= 4 is 28.7 Å². The number of anilines is 1. The van der Waals surface area contributed by atoms with Gasteiger partial charge in [-0.3, -0.25) is 9.59 Å². The summed E-state index contributed by atoms with van der Waals surface area (Å²) in [6, 6.07) is 6.91. The fourth-order valence-electron chi connectivity index (χ4n) is 2.78. The van der Waals surface area contributed by atoms with Crippen LogP contribution in [0.2, 0.25) is 0 Å². The molecule has 2 N–H and O–H groups in total. The third-order valence-electron chi connectivity index (χ3n) is 4.09. The summed E-state index contributed by atoms with van der Waals surface area (Å²) in [5.41, 5.74) is 1.22. The zero-order valence-electron chi connectivity index (χ0n) is 13.8. The number of ether oxygens (including phenoxy) is 1. The van der Waals surface area contributed by atoms with E-state index in [1.165, 1.54) is 18.3 Å². The van der Waals surface area contributed by atoms with E-state index >= 15 is 0 Å². The third kappa shape index (κ3) is 2.83. The summed E-state index contributed by atoms with van der Waals surface area (Å²) in [6.45, 7) is 5.15. The van der Waals surface area contributed by atoms with Crippen LogP contribution in [0.15, 0.2) is 29.6 Å². The van der Waals surface area contributed by atoms with Crippen molar-refractivity contribution in [3.05, 3.63) is 45.6 Å². The van der Waals surface area contributed by atoms with Gasteiger partial charge in [-0.25, -0.2) is 0 Å². The first-order valence-electron chi connectivity index (χ1n) is 7.65. The Morgan fingerprint density at radius 1 is 1.38 bits per heavy atom. The summed E-state index contributed by atoms with van der Waals surface area (Å²) in [6.07, 6.45) is -0.430. The molecule has 126 valence electrons.